The summed E-state index contributed by atoms with van der Waals surface area (Å²) >= 11 is 0. The summed E-state index contributed by atoms with van der Waals surface area (Å²) in [6, 6.07) is 4.58. The van der Waals surface area contributed by atoms with E-state index >= 15 is 0 Å². The number of carbonyl (C=O) groups is 1. The van der Waals surface area contributed by atoms with E-state index < -0.39 is 18.7 Å². The molecule has 1 N–H and O–H groups in total. The minimum absolute atomic E-state index is 0.208. The lowest BCUT2D eigenvalue weighted by atomic mass is 10.1. The second kappa shape index (κ2) is 4.36. The van der Waals surface area contributed by atoms with Crippen molar-refractivity contribution in [1.29, 1.82) is 0 Å². The number of benzene rings is 1. The first kappa shape index (κ1) is 11.3. The zero-order valence-corrected chi connectivity index (χ0v) is 8.39. The summed E-state index contributed by atoms with van der Waals surface area (Å²) in [4.78, 5) is 14.3. The van der Waals surface area contributed by atoms with Crippen molar-refractivity contribution < 1.29 is 27.8 Å². The topological polar surface area (TPSA) is 72.6 Å². The van der Waals surface area contributed by atoms with Gasteiger partial charge in [-0.15, -0.1) is 0 Å². The molecule has 2 rings (SSSR count). The summed E-state index contributed by atoms with van der Waals surface area (Å²) in [7, 11) is 0. The highest BCUT2D eigenvalue weighted by Gasteiger charge is 2.15. The number of carboxylic acids is 1. The summed E-state index contributed by atoms with van der Waals surface area (Å²) in [5, 5.41) is 8.67. The van der Waals surface area contributed by atoms with Gasteiger partial charge in [0.1, 0.15) is 5.52 Å². The molecule has 0 aliphatic rings. The van der Waals surface area contributed by atoms with Gasteiger partial charge in [-0.05, 0) is 11.6 Å². The van der Waals surface area contributed by atoms with Crippen LogP contribution < -0.4 is 4.74 Å². The first-order chi connectivity index (χ1) is 8.06. The van der Waals surface area contributed by atoms with Crippen LogP contribution in [0.3, 0.4) is 0 Å². The number of nitrogens with zero attached hydrogens (tertiary/aromatic N) is 1. The van der Waals surface area contributed by atoms with E-state index in [0.717, 1.165) is 0 Å². The Bertz CT molecular complexity index is 552. The molecule has 17 heavy (non-hydrogen) atoms. The molecule has 90 valence electrons. The maximum Gasteiger partial charge on any atom is 0.399 e. The molecule has 0 radical (unpaired) electrons. The predicted octanol–water partition coefficient (Wildman–Crippen LogP) is 2.06. The average Bonchev–Trinajstić information content (AvgIpc) is 2.59. The Kier molecular flexibility index (Phi) is 2.90. The molecule has 0 amide bonds. The molecule has 0 saturated heterocycles. The van der Waals surface area contributed by atoms with E-state index in [4.69, 9.17) is 9.52 Å². The second-order valence-electron chi connectivity index (χ2n) is 3.19. The molecule has 1 aromatic heterocycles. The van der Waals surface area contributed by atoms with E-state index in [-0.39, 0.29) is 17.5 Å². The molecule has 5 nitrogen and oxygen atoms in total. The molecular formula is C10H7F2NO4. The van der Waals surface area contributed by atoms with Crippen molar-refractivity contribution in [2.45, 2.75) is 13.0 Å². The summed E-state index contributed by atoms with van der Waals surface area (Å²) in [6.45, 7) is -3.04. The minimum atomic E-state index is -3.04. The van der Waals surface area contributed by atoms with Crippen molar-refractivity contribution in [3.8, 4) is 6.08 Å². The number of carboxylic acid groups (broad SMARTS) is 1. The molecule has 0 spiro atoms. The van der Waals surface area contributed by atoms with E-state index in [1.807, 2.05) is 0 Å². The van der Waals surface area contributed by atoms with Gasteiger partial charge in [-0.2, -0.15) is 13.8 Å². The summed E-state index contributed by atoms with van der Waals surface area (Å²) in [6.07, 6.45) is -0.842. The smallest absolute Gasteiger partial charge is 0.399 e. The van der Waals surface area contributed by atoms with E-state index in [2.05, 4.69) is 9.72 Å². The summed E-state index contributed by atoms with van der Waals surface area (Å²) < 4.78 is 32.8. The maximum absolute atomic E-state index is 11.9. The number of para-hydroxylation sites is 1. The fourth-order valence-corrected chi connectivity index (χ4v) is 1.42. The van der Waals surface area contributed by atoms with Crippen molar-refractivity contribution in [2.24, 2.45) is 0 Å². The summed E-state index contributed by atoms with van der Waals surface area (Å²) in [5.41, 5.74) is 0.799. The molecule has 2 aromatic rings. The van der Waals surface area contributed by atoms with Crippen LogP contribution in [0, 0.1) is 0 Å². The molecule has 0 aliphatic carbocycles. The Morgan fingerprint density at radius 2 is 2.29 bits per heavy atom. The van der Waals surface area contributed by atoms with Crippen LogP contribution in [0.15, 0.2) is 22.6 Å². The highest BCUT2D eigenvalue weighted by atomic mass is 19.3. The number of aromatic nitrogens is 1. The molecule has 0 fully saturated rings. The number of hydrogen-bond donors (Lipinski definition) is 1. The van der Waals surface area contributed by atoms with Crippen LogP contribution in [0.1, 0.15) is 5.56 Å². The van der Waals surface area contributed by atoms with E-state index in [1.54, 1.807) is 6.07 Å². The number of hydrogen-bond acceptors (Lipinski definition) is 4. The Balaban J connectivity index is 2.41. The van der Waals surface area contributed by atoms with E-state index in [1.165, 1.54) is 12.1 Å². The van der Waals surface area contributed by atoms with Crippen molar-refractivity contribution >= 4 is 17.1 Å². The lowest BCUT2D eigenvalue weighted by molar-refractivity contribution is -0.136. The highest BCUT2D eigenvalue weighted by molar-refractivity contribution is 5.82. The largest absolute Gasteiger partial charge is 0.481 e. The number of rotatable bonds is 4. The number of ether oxygens (including phenoxy) is 1. The van der Waals surface area contributed by atoms with Gasteiger partial charge in [0.05, 0.1) is 6.42 Å². The zero-order chi connectivity index (χ0) is 12.4. The summed E-state index contributed by atoms with van der Waals surface area (Å²) in [5.74, 6) is -1.04. The lowest BCUT2D eigenvalue weighted by Gasteiger charge is -1.95. The van der Waals surface area contributed by atoms with Crippen LogP contribution in [0.5, 0.6) is 6.08 Å². The average molecular weight is 243 g/mol. The van der Waals surface area contributed by atoms with Crippen molar-refractivity contribution in [3.05, 3.63) is 23.8 Å². The lowest BCUT2D eigenvalue weighted by Crippen LogP contribution is -2.02. The fourth-order valence-electron chi connectivity index (χ4n) is 1.42. The quantitative estimate of drug-likeness (QED) is 0.889. The third kappa shape index (κ3) is 2.49. The molecule has 1 heterocycles. The Morgan fingerprint density at radius 3 is 2.94 bits per heavy atom. The number of alkyl halides is 2. The third-order valence-electron chi connectivity index (χ3n) is 2.01. The van der Waals surface area contributed by atoms with Crippen LogP contribution in [0.2, 0.25) is 0 Å². The first-order valence-corrected chi connectivity index (χ1v) is 4.61. The van der Waals surface area contributed by atoms with Gasteiger partial charge in [0.25, 0.3) is 0 Å². The number of fused-ring (bicyclic) bond motifs is 1. The van der Waals surface area contributed by atoms with Crippen molar-refractivity contribution in [1.82, 2.24) is 4.98 Å². The Hall–Kier alpha value is -2.18. The van der Waals surface area contributed by atoms with Gasteiger partial charge in [0.2, 0.25) is 0 Å². The molecule has 0 bridgehead atoms. The van der Waals surface area contributed by atoms with Crippen molar-refractivity contribution in [2.75, 3.05) is 0 Å². The first-order valence-electron chi connectivity index (χ1n) is 4.61. The molecule has 1 aromatic carbocycles. The molecule has 0 unspecified atom stereocenters. The van der Waals surface area contributed by atoms with Crippen LogP contribution in [-0.4, -0.2) is 22.7 Å². The van der Waals surface area contributed by atoms with Crippen LogP contribution in [-0.2, 0) is 11.2 Å². The van der Waals surface area contributed by atoms with Gasteiger partial charge in [-0.3, -0.25) is 4.79 Å². The maximum atomic E-state index is 11.9. The third-order valence-corrected chi connectivity index (χ3v) is 2.01. The molecule has 0 atom stereocenters. The van der Waals surface area contributed by atoms with Gasteiger partial charge in [-0.1, -0.05) is 12.1 Å². The number of aliphatic carboxylic acids is 1. The molecule has 0 aliphatic heterocycles. The highest BCUT2D eigenvalue weighted by Crippen LogP contribution is 2.24. The van der Waals surface area contributed by atoms with E-state index in [0.29, 0.717) is 5.56 Å². The Morgan fingerprint density at radius 1 is 1.53 bits per heavy atom. The zero-order valence-electron chi connectivity index (χ0n) is 8.39. The fraction of sp³-hybridized carbons (Fsp3) is 0.200. The van der Waals surface area contributed by atoms with Crippen LogP contribution in [0.4, 0.5) is 8.78 Å². The van der Waals surface area contributed by atoms with Crippen LogP contribution in [0.25, 0.3) is 11.1 Å². The SMILES string of the molecule is O=C(O)Cc1cccc2oc(OC(F)F)nc12. The monoisotopic (exact) mass is 243 g/mol. The molecular weight excluding hydrogens is 236 g/mol. The van der Waals surface area contributed by atoms with Gasteiger partial charge in [0, 0.05) is 0 Å². The molecule has 0 saturated carbocycles. The van der Waals surface area contributed by atoms with Gasteiger partial charge >= 0.3 is 18.7 Å². The number of halogens is 2. The van der Waals surface area contributed by atoms with Gasteiger partial charge in [-0.25, -0.2) is 0 Å². The predicted molar refractivity (Wildman–Crippen MR) is 52.0 cm³/mol. The van der Waals surface area contributed by atoms with Gasteiger partial charge < -0.3 is 14.3 Å². The normalized spacial score (nSPS) is 11.0. The van der Waals surface area contributed by atoms with Crippen molar-refractivity contribution in [3.63, 3.8) is 0 Å². The van der Waals surface area contributed by atoms with E-state index in [9.17, 15) is 13.6 Å². The number of oxazole rings is 1. The Labute approximate surface area is 93.6 Å². The standard InChI is InChI=1S/C10H7F2NO4/c11-9(12)17-10-13-8-5(4-7(14)15)2-1-3-6(8)16-10/h1-3,9H,4H2,(H,14,15). The van der Waals surface area contributed by atoms with Crippen LogP contribution >= 0.6 is 0 Å². The van der Waals surface area contributed by atoms with Gasteiger partial charge in [0.15, 0.2) is 5.58 Å². The second-order valence-corrected chi connectivity index (χ2v) is 3.19. The minimum Gasteiger partial charge on any atom is -0.481 e. The molecule has 7 heteroatoms.